The number of methoxy groups -OCH3 is 1. The van der Waals surface area contributed by atoms with Crippen LogP contribution in [0.1, 0.15) is 37.4 Å². The molecule has 0 radical (unpaired) electrons. The first kappa shape index (κ1) is 15.8. The highest BCUT2D eigenvalue weighted by Crippen LogP contribution is 2.26. The van der Waals surface area contributed by atoms with Crippen LogP contribution in [0.4, 0.5) is 5.69 Å². The Morgan fingerprint density at radius 3 is 2.67 bits per heavy atom. The predicted molar refractivity (Wildman–Crippen MR) is 80.1 cm³/mol. The molecule has 1 heterocycles. The first-order valence-electron chi connectivity index (χ1n) is 7.39. The van der Waals surface area contributed by atoms with Crippen molar-refractivity contribution in [3.8, 4) is 0 Å². The van der Waals surface area contributed by atoms with Crippen LogP contribution >= 0.6 is 0 Å². The van der Waals surface area contributed by atoms with Crippen LogP contribution in [0.5, 0.6) is 0 Å². The number of carbonyl (C=O) groups excluding carboxylic acids is 1. The standard InChI is InChI=1S/C16H23NO4/c1-21-15(19)11-14(18)16(20)12-6-5-7-13(10-12)17-8-3-2-4-9-17/h5-7,10,14,16,18,20H,2-4,8-9,11H2,1H3. The molecule has 1 fully saturated rings. The molecule has 1 aromatic rings. The maximum absolute atomic E-state index is 11.2. The van der Waals surface area contributed by atoms with Gasteiger partial charge < -0.3 is 19.8 Å². The molecule has 1 aliphatic heterocycles. The van der Waals surface area contributed by atoms with Gasteiger partial charge in [-0.15, -0.1) is 0 Å². The van der Waals surface area contributed by atoms with Crippen molar-refractivity contribution >= 4 is 11.7 Å². The summed E-state index contributed by atoms with van der Waals surface area (Å²) in [6, 6.07) is 7.52. The number of carbonyl (C=O) groups is 1. The highest BCUT2D eigenvalue weighted by molar-refractivity contribution is 5.69. The van der Waals surface area contributed by atoms with Crippen LogP contribution in [0.2, 0.25) is 0 Å². The second kappa shape index (κ2) is 7.43. The molecule has 0 aliphatic carbocycles. The minimum absolute atomic E-state index is 0.217. The number of esters is 1. The summed E-state index contributed by atoms with van der Waals surface area (Å²) < 4.78 is 4.51. The summed E-state index contributed by atoms with van der Waals surface area (Å²) in [5.41, 5.74) is 1.67. The number of hydrogen-bond donors (Lipinski definition) is 2. The van der Waals surface area contributed by atoms with E-state index in [-0.39, 0.29) is 6.42 Å². The van der Waals surface area contributed by atoms with Gasteiger partial charge in [0.2, 0.25) is 0 Å². The number of hydrogen-bond acceptors (Lipinski definition) is 5. The Labute approximate surface area is 125 Å². The van der Waals surface area contributed by atoms with Gasteiger partial charge >= 0.3 is 5.97 Å². The van der Waals surface area contributed by atoms with E-state index in [0.717, 1.165) is 18.8 Å². The van der Waals surface area contributed by atoms with Crippen molar-refractivity contribution in [2.45, 2.75) is 37.9 Å². The number of nitrogens with zero attached hydrogens (tertiary/aromatic N) is 1. The van der Waals surface area contributed by atoms with Crippen molar-refractivity contribution in [2.24, 2.45) is 0 Å². The van der Waals surface area contributed by atoms with Crippen molar-refractivity contribution in [1.29, 1.82) is 0 Å². The summed E-state index contributed by atoms with van der Waals surface area (Å²) in [7, 11) is 1.26. The molecule has 2 rings (SSSR count). The van der Waals surface area contributed by atoms with Gasteiger partial charge in [0.25, 0.3) is 0 Å². The maximum atomic E-state index is 11.2. The third-order valence-corrected chi connectivity index (χ3v) is 3.90. The van der Waals surface area contributed by atoms with Crippen LogP contribution in [-0.2, 0) is 9.53 Å². The number of anilines is 1. The molecule has 0 aromatic heterocycles. The molecule has 21 heavy (non-hydrogen) atoms. The number of aliphatic hydroxyl groups is 2. The van der Waals surface area contributed by atoms with Gasteiger partial charge in [0.05, 0.1) is 19.6 Å². The summed E-state index contributed by atoms with van der Waals surface area (Å²) in [5.74, 6) is -0.534. The van der Waals surface area contributed by atoms with E-state index in [1.165, 1.54) is 26.4 Å². The minimum atomic E-state index is -1.16. The highest BCUT2D eigenvalue weighted by atomic mass is 16.5. The van der Waals surface area contributed by atoms with E-state index in [9.17, 15) is 15.0 Å². The Hall–Kier alpha value is -1.59. The van der Waals surface area contributed by atoms with Crippen molar-refractivity contribution in [3.63, 3.8) is 0 Å². The SMILES string of the molecule is COC(=O)CC(O)C(O)c1cccc(N2CCCCC2)c1. The quantitative estimate of drug-likeness (QED) is 0.808. The summed E-state index contributed by atoms with van der Waals surface area (Å²) >= 11 is 0. The van der Waals surface area contributed by atoms with E-state index in [2.05, 4.69) is 9.64 Å². The summed E-state index contributed by atoms with van der Waals surface area (Å²) in [4.78, 5) is 13.5. The number of rotatable bonds is 5. The Balaban J connectivity index is 2.06. The Morgan fingerprint density at radius 1 is 1.29 bits per heavy atom. The lowest BCUT2D eigenvalue weighted by Crippen LogP contribution is -2.29. The molecule has 5 nitrogen and oxygen atoms in total. The zero-order valence-corrected chi connectivity index (χ0v) is 12.4. The summed E-state index contributed by atoms with van der Waals surface area (Å²) in [6.07, 6.45) is 1.15. The molecular weight excluding hydrogens is 270 g/mol. The lowest BCUT2D eigenvalue weighted by atomic mass is 10.0. The number of piperidine rings is 1. The van der Waals surface area contributed by atoms with Crippen LogP contribution in [0.3, 0.4) is 0 Å². The maximum Gasteiger partial charge on any atom is 0.308 e. The van der Waals surface area contributed by atoms with E-state index < -0.39 is 18.2 Å². The van der Waals surface area contributed by atoms with E-state index in [1.54, 1.807) is 6.07 Å². The molecule has 0 bridgehead atoms. The highest BCUT2D eigenvalue weighted by Gasteiger charge is 2.22. The van der Waals surface area contributed by atoms with Gasteiger partial charge in [0, 0.05) is 18.8 Å². The fourth-order valence-electron chi connectivity index (χ4n) is 2.65. The van der Waals surface area contributed by atoms with Crippen molar-refractivity contribution in [3.05, 3.63) is 29.8 Å². The third kappa shape index (κ3) is 4.19. The van der Waals surface area contributed by atoms with Crippen LogP contribution in [0.15, 0.2) is 24.3 Å². The van der Waals surface area contributed by atoms with Crippen LogP contribution in [0, 0.1) is 0 Å². The van der Waals surface area contributed by atoms with Gasteiger partial charge in [0.1, 0.15) is 6.10 Å². The monoisotopic (exact) mass is 293 g/mol. The van der Waals surface area contributed by atoms with Crippen molar-refractivity contribution in [1.82, 2.24) is 0 Å². The summed E-state index contributed by atoms with van der Waals surface area (Å²) in [6.45, 7) is 2.04. The predicted octanol–water partition coefficient (Wildman–Crippen LogP) is 1.63. The molecule has 1 aliphatic rings. The molecule has 2 atom stereocenters. The van der Waals surface area contributed by atoms with Gasteiger partial charge in [-0.1, -0.05) is 12.1 Å². The molecule has 0 saturated carbocycles. The first-order chi connectivity index (χ1) is 10.1. The van der Waals surface area contributed by atoms with E-state index >= 15 is 0 Å². The van der Waals surface area contributed by atoms with E-state index in [0.29, 0.717) is 5.56 Å². The smallest absolute Gasteiger partial charge is 0.308 e. The van der Waals surface area contributed by atoms with Gasteiger partial charge in [-0.05, 0) is 37.0 Å². The Kier molecular flexibility index (Phi) is 5.59. The van der Waals surface area contributed by atoms with Gasteiger partial charge in [-0.3, -0.25) is 4.79 Å². The zero-order chi connectivity index (χ0) is 15.2. The first-order valence-corrected chi connectivity index (χ1v) is 7.39. The van der Waals surface area contributed by atoms with Crippen molar-refractivity contribution < 1.29 is 19.7 Å². The average Bonchev–Trinajstić information content (AvgIpc) is 2.54. The Morgan fingerprint density at radius 2 is 2.00 bits per heavy atom. The van der Waals surface area contributed by atoms with E-state index in [1.807, 2.05) is 18.2 Å². The van der Waals surface area contributed by atoms with Crippen LogP contribution in [0.25, 0.3) is 0 Å². The number of benzene rings is 1. The second-order valence-electron chi connectivity index (χ2n) is 5.44. The van der Waals surface area contributed by atoms with Gasteiger partial charge in [0.15, 0.2) is 0 Å². The topological polar surface area (TPSA) is 70.0 Å². The average molecular weight is 293 g/mol. The molecule has 2 unspecified atom stereocenters. The van der Waals surface area contributed by atoms with Crippen molar-refractivity contribution in [2.75, 3.05) is 25.1 Å². The lowest BCUT2D eigenvalue weighted by molar-refractivity contribution is -0.144. The molecule has 0 spiro atoms. The van der Waals surface area contributed by atoms with E-state index in [4.69, 9.17) is 0 Å². The normalized spacial score (nSPS) is 18.1. The molecule has 1 aromatic carbocycles. The van der Waals surface area contributed by atoms with Gasteiger partial charge in [-0.2, -0.15) is 0 Å². The number of ether oxygens (including phenoxy) is 1. The molecule has 0 amide bonds. The fraction of sp³-hybridized carbons (Fsp3) is 0.562. The zero-order valence-electron chi connectivity index (χ0n) is 12.4. The molecular formula is C16H23NO4. The molecule has 5 heteroatoms. The molecule has 2 N–H and O–H groups in total. The van der Waals surface area contributed by atoms with Crippen LogP contribution in [-0.4, -0.2) is 42.5 Å². The lowest BCUT2D eigenvalue weighted by Gasteiger charge is -2.29. The van der Waals surface area contributed by atoms with Crippen LogP contribution < -0.4 is 4.90 Å². The fourth-order valence-corrected chi connectivity index (χ4v) is 2.65. The minimum Gasteiger partial charge on any atom is -0.469 e. The third-order valence-electron chi connectivity index (χ3n) is 3.90. The summed E-state index contributed by atoms with van der Waals surface area (Å²) in [5, 5.41) is 20.1. The number of aliphatic hydroxyl groups excluding tert-OH is 2. The molecule has 1 saturated heterocycles. The van der Waals surface area contributed by atoms with Gasteiger partial charge in [-0.25, -0.2) is 0 Å². The Bertz CT molecular complexity index is 471. The molecule has 116 valence electrons. The second-order valence-corrected chi connectivity index (χ2v) is 5.44. The largest absolute Gasteiger partial charge is 0.469 e.